The molecule has 3 rings (SSSR count). The molecule has 142 valence electrons. The Morgan fingerprint density at radius 1 is 1.15 bits per heavy atom. The van der Waals surface area contributed by atoms with Gasteiger partial charge in [0.25, 0.3) is 5.91 Å². The van der Waals surface area contributed by atoms with Gasteiger partial charge in [-0.15, -0.1) is 11.8 Å². The average molecular weight is 388 g/mol. The molecular weight excluding hydrogens is 367 g/mol. The fourth-order valence-electron chi connectivity index (χ4n) is 2.88. The minimum atomic E-state index is -0.871. The van der Waals surface area contributed by atoms with Gasteiger partial charge >= 0.3 is 6.03 Å². The van der Waals surface area contributed by atoms with Crippen LogP contribution in [-0.4, -0.2) is 36.2 Å². The summed E-state index contributed by atoms with van der Waals surface area (Å²) in [7, 11) is 1.37. The number of hydrogen-bond acceptors (Lipinski definition) is 4. The number of ether oxygens (including phenoxy) is 1. The van der Waals surface area contributed by atoms with Crippen molar-refractivity contribution in [3.05, 3.63) is 58.9 Å². The van der Waals surface area contributed by atoms with Crippen LogP contribution in [0.3, 0.4) is 0 Å². The van der Waals surface area contributed by atoms with Gasteiger partial charge in [0.05, 0.1) is 7.11 Å². The second-order valence-corrected chi connectivity index (χ2v) is 7.53. The van der Waals surface area contributed by atoms with Crippen molar-refractivity contribution in [2.75, 3.05) is 19.4 Å². The van der Waals surface area contributed by atoms with Crippen molar-refractivity contribution in [2.45, 2.75) is 24.8 Å². The first-order valence-electron chi connectivity index (χ1n) is 8.56. The molecule has 7 heteroatoms. The zero-order chi connectivity index (χ0) is 19.6. The molecule has 27 heavy (non-hydrogen) atoms. The number of nitrogens with one attached hydrogen (secondary N) is 1. The molecule has 0 bridgehead atoms. The van der Waals surface area contributed by atoms with Gasteiger partial charge in [0.2, 0.25) is 0 Å². The van der Waals surface area contributed by atoms with E-state index in [0.717, 1.165) is 4.90 Å². The second kappa shape index (κ2) is 8.00. The zero-order valence-corrected chi connectivity index (χ0v) is 16.2. The third-order valence-electron chi connectivity index (χ3n) is 4.60. The molecule has 1 heterocycles. The summed E-state index contributed by atoms with van der Waals surface area (Å²) in [5, 5.41) is 2.62. The first-order valence-corrected chi connectivity index (χ1v) is 9.54. The van der Waals surface area contributed by atoms with E-state index in [4.69, 9.17) is 4.74 Å². The van der Waals surface area contributed by atoms with Crippen LogP contribution in [-0.2, 0) is 4.79 Å². The first-order chi connectivity index (χ1) is 12.9. The molecular formula is C20H21FN2O3S. The number of amides is 3. The van der Waals surface area contributed by atoms with E-state index in [1.54, 1.807) is 17.8 Å². The number of carbonyl (C=O) groups excluding carboxylic acids is 2. The molecule has 0 aromatic heterocycles. The van der Waals surface area contributed by atoms with Gasteiger partial charge < -0.3 is 10.1 Å². The number of thioether (sulfide) groups is 1. The molecule has 0 radical (unpaired) electrons. The topological polar surface area (TPSA) is 58.6 Å². The highest BCUT2D eigenvalue weighted by Gasteiger charge is 2.38. The summed E-state index contributed by atoms with van der Waals surface area (Å²) in [6.07, 6.45) is 0. The van der Waals surface area contributed by atoms with E-state index >= 15 is 0 Å². The second-order valence-electron chi connectivity index (χ2n) is 6.36. The molecule has 1 aliphatic rings. The van der Waals surface area contributed by atoms with Crippen molar-refractivity contribution < 1.29 is 18.7 Å². The molecule has 0 spiro atoms. The minimum Gasteiger partial charge on any atom is -0.494 e. The Hall–Kier alpha value is -2.54. The SMILES string of the molecule is COc1ccc(C2NC(=O)N(CCSc3ccc(C)c(C)c3)C2=O)cc1F. The zero-order valence-electron chi connectivity index (χ0n) is 15.4. The number of imide groups is 1. The Morgan fingerprint density at radius 3 is 2.59 bits per heavy atom. The third-order valence-corrected chi connectivity index (χ3v) is 5.57. The number of carbonyl (C=O) groups is 2. The van der Waals surface area contributed by atoms with Crippen LogP contribution in [0.25, 0.3) is 0 Å². The molecule has 1 unspecified atom stereocenters. The highest BCUT2D eigenvalue weighted by molar-refractivity contribution is 7.99. The van der Waals surface area contributed by atoms with Gasteiger partial charge in [-0.25, -0.2) is 9.18 Å². The van der Waals surface area contributed by atoms with Gasteiger partial charge in [0.15, 0.2) is 11.6 Å². The van der Waals surface area contributed by atoms with Crippen LogP contribution in [0.4, 0.5) is 9.18 Å². The molecule has 5 nitrogen and oxygen atoms in total. The van der Waals surface area contributed by atoms with Crippen molar-refractivity contribution in [2.24, 2.45) is 0 Å². The number of rotatable bonds is 6. The Balaban J connectivity index is 1.63. The minimum absolute atomic E-state index is 0.0946. The lowest BCUT2D eigenvalue weighted by atomic mass is 10.1. The number of halogens is 1. The van der Waals surface area contributed by atoms with Crippen LogP contribution in [0.15, 0.2) is 41.3 Å². The van der Waals surface area contributed by atoms with E-state index in [1.165, 1.54) is 35.3 Å². The Kier molecular flexibility index (Phi) is 5.70. The van der Waals surface area contributed by atoms with Crippen LogP contribution in [0.1, 0.15) is 22.7 Å². The Morgan fingerprint density at radius 2 is 1.93 bits per heavy atom. The van der Waals surface area contributed by atoms with E-state index in [2.05, 4.69) is 31.3 Å². The fraction of sp³-hybridized carbons (Fsp3) is 0.300. The van der Waals surface area contributed by atoms with Crippen molar-refractivity contribution >= 4 is 23.7 Å². The smallest absolute Gasteiger partial charge is 0.325 e. The van der Waals surface area contributed by atoms with E-state index < -0.39 is 17.9 Å². The van der Waals surface area contributed by atoms with Crippen LogP contribution >= 0.6 is 11.8 Å². The lowest BCUT2D eigenvalue weighted by Gasteiger charge is -2.13. The molecule has 0 aliphatic carbocycles. The quantitative estimate of drug-likeness (QED) is 0.603. The van der Waals surface area contributed by atoms with Gasteiger partial charge in [-0.1, -0.05) is 12.1 Å². The van der Waals surface area contributed by atoms with Crippen molar-refractivity contribution in [3.8, 4) is 5.75 Å². The van der Waals surface area contributed by atoms with Crippen LogP contribution in [0.5, 0.6) is 5.75 Å². The highest BCUT2D eigenvalue weighted by atomic mass is 32.2. The Bertz CT molecular complexity index is 888. The normalized spacial score (nSPS) is 16.6. The molecule has 1 saturated heterocycles. The number of nitrogens with zero attached hydrogens (tertiary/aromatic N) is 1. The number of aryl methyl sites for hydroxylation is 2. The molecule has 2 aromatic carbocycles. The third kappa shape index (κ3) is 4.08. The molecule has 1 fully saturated rings. The van der Waals surface area contributed by atoms with Crippen LogP contribution in [0.2, 0.25) is 0 Å². The monoisotopic (exact) mass is 388 g/mol. The number of benzene rings is 2. The van der Waals surface area contributed by atoms with Gasteiger partial charge in [0, 0.05) is 17.2 Å². The largest absolute Gasteiger partial charge is 0.494 e. The molecule has 1 aliphatic heterocycles. The maximum Gasteiger partial charge on any atom is 0.325 e. The summed E-state index contributed by atoms with van der Waals surface area (Å²) in [5.41, 5.74) is 2.83. The molecule has 1 atom stereocenters. The standard InChI is InChI=1S/C20H21FN2O3S/c1-12-4-6-15(10-13(12)2)27-9-8-23-19(24)18(22-20(23)25)14-5-7-17(26-3)16(21)11-14/h4-7,10-11,18H,8-9H2,1-3H3,(H,22,25). The average Bonchev–Trinajstić information content (AvgIpc) is 2.92. The summed E-state index contributed by atoms with van der Waals surface area (Å²) < 4.78 is 18.8. The molecule has 1 N–H and O–H groups in total. The number of hydrogen-bond donors (Lipinski definition) is 1. The van der Waals surface area contributed by atoms with Gasteiger partial charge in [-0.05, 0) is 54.8 Å². The van der Waals surface area contributed by atoms with Crippen LogP contribution in [0, 0.1) is 19.7 Å². The van der Waals surface area contributed by atoms with Gasteiger partial charge in [-0.2, -0.15) is 0 Å². The first kappa shape index (κ1) is 19.2. The molecule has 0 saturated carbocycles. The molecule has 2 aromatic rings. The maximum atomic E-state index is 13.9. The summed E-state index contributed by atoms with van der Waals surface area (Å²) in [4.78, 5) is 27.1. The van der Waals surface area contributed by atoms with Gasteiger partial charge in [-0.3, -0.25) is 9.69 Å². The number of urea groups is 1. The van der Waals surface area contributed by atoms with E-state index in [9.17, 15) is 14.0 Å². The van der Waals surface area contributed by atoms with Gasteiger partial charge in [0.1, 0.15) is 6.04 Å². The lowest BCUT2D eigenvalue weighted by Crippen LogP contribution is -2.32. The maximum absolute atomic E-state index is 13.9. The van der Waals surface area contributed by atoms with E-state index in [-0.39, 0.29) is 18.2 Å². The van der Waals surface area contributed by atoms with E-state index in [1.807, 2.05) is 6.07 Å². The predicted molar refractivity (Wildman–Crippen MR) is 103 cm³/mol. The molecule has 3 amide bonds. The highest BCUT2D eigenvalue weighted by Crippen LogP contribution is 2.27. The predicted octanol–water partition coefficient (Wildman–Crippen LogP) is 3.84. The Labute approximate surface area is 161 Å². The lowest BCUT2D eigenvalue weighted by molar-refractivity contribution is -0.127. The summed E-state index contributed by atoms with van der Waals surface area (Å²) in [5.74, 6) is -0.256. The van der Waals surface area contributed by atoms with Crippen molar-refractivity contribution in [1.29, 1.82) is 0 Å². The van der Waals surface area contributed by atoms with Crippen LogP contribution < -0.4 is 10.1 Å². The van der Waals surface area contributed by atoms with Crippen molar-refractivity contribution in [1.82, 2.24) is 10.2 Å². The fourth-order valence-corrected chi connectivity index (χ4v) is 3.81. The summed E-state index contributed by atoms with van der Waals surface area (Å²) in [6, 6.07) is 9.09. The number of methoxy groups -OCH3 is 1. The summed E-state index contributed by atoms with van der Waals surface area (Å²) >= 11 is 1.59. The van der Waals surface area contributed by atoms with E-state index in [0.29, 0.717) is 11.3 Å². The van der Waals surface area contributed by atoms with Crippen molar-refractivity contribution in [3.63, 3.8) is 0 Å². The summed E-state index contributed by atoms with van der Waals surface area (Å²) in [6.45, 7) is 4.39.